The standard InChI is InChI=1S/C7H10N2O3S2/c1-14(12)3-2-8-7-9-4-5(13-7)6(10)11/h4H,2-3H2,1H3,(H,8,9)(H,10,11). The Kier molecular flexibility index (Phi) is 4.02. The molecule has 0 aliphatic heterocycles. The SMILES string of the molecule is CS(=O)CCNc1ncc(C(=O)O)s1. The van der Waals surface area contributed by atoms with E-state index in [2.05, 4.69) is 10.3 Å². The number of carboxylic acid groups (broad SMARTS) is 1. The molecule has 0 bridgehead atoms. The molecule has 0 spiro atoms. The zero-order chi connectivity index (χ0) is 10.6. The van der Waals surface area contributed by atoms with Gasteiger partial charge in [0.15, 0.2) is 5.13 Å². The molecular formula is C7H10N2O3S2. The summed E-state index contributed by atoms with van der Waals surface area (Å²) in [5, 5.41) is 12.1. The molecule has 0 amide bonds. The van der Waals surface area contributed by atoms with E-state index < -0.39 is 16.8 Å². The summed E-state index contributed by atoms with van der Waals surface area (Å²) in [6, 6.07) is 0. The molecule has 1 aromatic rings. The maximum absolute atomic E-state index is 10.7. The summed E-state index contributed by atoms with van der Waals surface area (Å²) in [5.41, 5.74) is 0. The van der Waals surface area contributed by atoms with Gasteiger partial charge in [0, 0.05) is 29.4 Å². The number of carboxylic acids is 1. The molecule has 1 heterocycles. The van der Waals surface area contributed by atoms with Crippen LogP contribution in [0.4, 0.5) is 5.13 Å². The molecule has 0 radical (unpaired) electrons. The molecule has 5 nitrogen and oxygen atoms in total. The predicted molar refractivity (Wildman–Crippen MR) is 56.5 cm³/mol. The first-order valence-corrected chi connectivity index (χ1v) is 6.37. The Morgan fingerprint density at radius 3 is 3.00 bits per heavy atom. The van der Waals surface area contributed by atoms with Crippen LogP contribution >= 0.6 is 11.3 Å². The van der Waals surface area contributed by atoms with Gasteiger partial charge in [-0.25, -0.2) is 9.78 Å². The molecule has 0 aromatic carbocycles. The van der Waals surface area contributed by atoms with Gasteiger partial charge in [-0.15, -0.1) is 0 Å². The highest BCUT2D eigenvalue weighted by molar-refractivity contribution is 7.84. The third-order valence-corrected chi connectivity index (χ3v) is 3.10. The Morgan fingerprint density at radius 2 is 2.50 bits per heavy atom. The molecule has 0 fully saturated rings. The molecule has 1 unspecified atom stereocenters. The zero-order valence-electron chi connectivity index (χ0n) is 7.52. The lowest BCUT2D eigenvalue weighted by molar-refractivity contribution is 0.0702. The minimum absolute atomic E-state index is 0.199. The number of aromatic nitrogens is 1. The summed E-state index contributed by atoms with van der Waals surface area (Å²) in [7, 11) is -0.843. The molecule has 1 atom stereocenters. The molecule has 1 aromatic heterocycles. The van der Waals surface area contributed by atoms with Crippen molar-refractivity contribution >= 4 is 33.2 Å². The van der Waals surface area contributed by atoms with Crippen LogP contribution in [0.15, 0.2) is 6.20 Å². The number of hydrogen-bond acceptors (Lipinski definition) is 5. The first-order valence-electron chi connectivity index (χ1n) is 3.82. The Hall–Kier alpha value is -0.950. The fourth-order valence-electron chi connectivity index (χ4n) is 0.756. The smallest absolute Gasteiger partial charge is 0.347 e. The summed E-state index contributed by atoms with van der Waals surface area (Å²) in [6.45, 7) is 0.537. The molecule has 7 heteroatoms. The Balaban J connectivity index is 2.44. The first kappa shape index (κ1) is 11.1. The van der Waals surface area contributed by atoms with Crippen molar-refractivity contribution in [2.24, 2.45) is 0 Å². The molecule has 1 rings (SSSR count). The Morgan fingerprint density at radius 1 is 1.79 bits per heavy atom. The van der Waals surface area contributed by atoms with Crippen LogP contribution in [0.1, 0.15) is 9.67 Å². The third-order valence-electron chi connectivity index (χ3n) is 1.38. The van der Waals surface area contributed by atoms with Crippen molar-refractivity contribution in [1.82, 2.24) is 4.98 Å². The number of thiazole rings is 1. The lowest BCUT2D eigenvalue weighted by Gasteiger charge is -1.98. The van der Waals surface area contributed by atoms with Crippen molar-refractivity contribution < 1.29 is 14.1 Å². The number of rotatable bonds is 5. The van der Waals surface area contributed by atoms with Gasteiger partial charge in [-0.05, 0) is 0 Å². The van der Waals surface area contributed by atoms with Gasteiger partial charge in [-0.1, -0.05) is 11.3 Å². The van der Waals surface area contributed by atoms with E-state index in [1.807, 2.05) is 0 Å². The average Bonchev–Trinajstić information content (AvgIpc) is 2.52. The Labute approximate surface area is 87.6 Å². The van der Waals surface area contributed by atoms with Crippen LogP contribution in [0.5, 0.6) is 0 Å². The fourth-order valence-corrected chi connectivity index (χ4v) is 1.83. The molecule has 14 heavy (non-hydrogen) atoms. The van der Waals surface area contributed by atoms with Crippen molar-refractivity contribution in [2.75, 3.05) is 23.9 Å². The van der Waals surface area contributed by atoms with Gasteiger partial charge in [0.2, 0.25) is 0 Å². The van der Waals surface area contributed by atoms with E-state index in [0.717, 1.165) is 11.3 Å². The highest BCUT2D eigenvalue weighted by Crippen LogP contribution is 2.17. The summed E-state index contributed by atoms with van der Waals surface area (Å²) >= 11 is 1.07. The summed E-state index contributed by atoms with van der Waals surface area (Å²) in [4.78, 5) is 14.6. The van der Waals surface area contributed by atoms with Crippen LogP contribution in [0.2, 0.25) is 0 Å². The molecule has 0 saturated carbocycles. The number of aromatic carboxylic acids is 1. The topological polar surface area (TPSA) is 79.3 Å². The zero-order valence-corrected chi connectivity index (χ0v) is 9.15. The molecule has 0 aliphatic rings. The minimum Gasteiger partial charge on any atom is -0.477 e. The third kappa shape index (κ3) is 3.43. The lowest BCUT2D eigenvalue weighted by Crippen LogP contribution is -2.09. The van der Waals surface area contributed by atoms with Crippen LogP contribution in [-0.4, -0.2) is 38.8 Å². The second-order valence-electron chi connectivity index (χ2n) is 2.54. The average molecular weight is 234 g/mol. The van der Waals surface area contributed by atoms with Gasteiger partial charge in [0.1, 0.15) is 4.88 Å². The van der Waals surface area contributed by atoms with E-state index in [4.69, 9.17) is 5.11 Å². The van der Waals surface area contributed by atoms with Crippen LogP contribution in [0.3, 0.4) is 0 Å². The van der Waals surface area contributed by atoms with Crippen LogP contribution in [-0.2, 0) is 10.8 Å². The van der Waals surface area contributed by atoms with E-state index in [1.165, 1.54) is 6.20 Å². The maximum Gasteiger partial charge on any atom is 0.347 e. The number of hydrogen-bond donors (Lipinski definition) is 2. The number of anilines is 1. The molecule has 78 valence electrons. The molecular weight excluding hydrogens is 224 g/mol. The number of carbonyl (C=O) groups is 1. The second-order valence-corrected chi connectivity index (χ2v) is 5.12. The van der Waals surface area contributed by atoms with Crippen LogP contribution in [0.25, 0.3) is 0 Å². The molecule has 0 aliphatic carbocycles. The van der Waals surface area contributed by atoms with E-state index in [9.17, 15) is 9.00 Å². The largest absolute Gasteiger partial charge is 0.477 e. The van der Waals surface area contributed by atoms with Crippen molar-refractivity contribution in [3.8, 4) is 0 Å². The van der Waals surface area contributed by atoms with Crippen LogP contribution < -0.4 is 5.32 Å². The van der Waals surface area contributed by atoms with Crippen molar-refractivity contribution in [2.45, 2.75) is 0 Å². The first-order chi connectivity index (χ1) is 6.59. The van der Waals surface area contributed by atoms with Crippen molar-refractivity contribution in [3.63, 3.8) is 0 Å². The van der Waals surface area contributed by atoms with E-state index >= 15 is 0 Å². The quantitative estimate of drug-likeness (QED) is 0.781. The maximum atomic E-state index is 10.7. The van der Waals surface area contributed by atoms with Crippen molar-refractivity contribution in [3.05, 3.63) is 11.1 Å². The predicted octanol–water partition coefficient (Wildman–Crippen LogP) is 0.632. The normalized spacial score (nSPS) is 12.4. The Bertz CT molecular complexity index is 350. The minimum atomic E-state index is -0.977. The van der Waals surface area contributed by atoms with Gasteiger partial charge in [-0.2, -0.15) is 0 Å². The lowest BCUT2D eigenvalue weighted by atomic mass is 10.6. The highest BCUT2D eigenvalue weighted by Gasteiger charge is 2.07. The number of nitrogens with zero attached hydrogens (tertiary/aromatic N) is 1. The highest BCUT2D eigenvalue weighted by atomic mass is 32.2. The van der Waals surface area contributed by atoms with E-state index in [1.54, 1.807) is 6.26 Å². The van der Waals surface area contributed by atoms with Gasteiger partial charge in [0.25, 0.3) is 0 Å². The van der Waals surface area contributed by atoms with Crippen LogP contribution in [0, 0.1) is 0 Å². The number of nitrogens with one attached hydrogen (secondary N) is 1. The van der Waals surface area contributed by atoms with Gasteiger partial charge in [-0.3, -0.25) is 4.21 Å². The summed E-state index contributed by atoms with van der Waals surface area (Å²) in [5.74, 6) is -0.447. The second kappa shape index (κ2) is 5.06. The van der Waals surface area contributed by atoms with Gasteiger partial charge >= 0.3 is 5.97 Å². The fraction of sp³-hybridized carbons (Fsp3) is 0.429. The van der Waals surface area contributed by atoms with Crippen molar-refractivity contribution in [1.29, 1.82) is 0 Å². The monoisotopic (exact) mass is 234 g/mol. The summed E-state index contributed by atoms with van der Waals surface area (Å²) in [6.07, 6.45) is 2.92. The van der Waals surface area contributed by atoms with Gasteiger partial charge < -0.3 is 10.4 Å². The summed E-state index contributed by atoms with van der Waals surface area (Å²) < 4.78 is 10.7. The molecule has 0 saturated heterocycles. The van der Waals surface area contributed by atoms with E-state index in [-0.39, 0.29) is 4.88 Å². The van der Waals surface area contributed by atoms with E-state index in [0.29, 0.717) is 17.4 Å². The van der Waals surface area contributed by atoms with Gasteiger partial charge in [0.05, 0.1) is 6.20 Å². The molecule has 2 N–H and O–H groups in total.